The molecular weight excluding hydrogens is 426 g/mol. The number of benzene rings is 3. The summed E-state index contributed by atoms with van der Waals surface area (Å²) in [6, 6.07) is 26.4. The first kappa shape index (κ1) is 21.7. The third-order valence-corrected chi connectivity index (χ3v) is 6.13. The summed E-state index contributed by atoms with van der Waals surface area (Å²) in [7, 11) is 1.62. The van der Waals surface area contributed by atoms with Crippen molar-refractivity contribution in [3.63, 3.8) is 0 Å². The van der Waals surface area contributed by atoms with Crippen LogP contribution < -0.4 is 15.4 Å². The molecule has 0 radical (unpaired) electrons. The minimum absolute atomic E-state index is 0.00323. The van der Waals surface area contributed by atoms with Crippen molar-refractivity contribution in [3.05, 3.63) is 101 Å². The van der Waals surface area contributed by atoms with Crippen molar-refractivity contribution in [2.45, 2.75) is 31.8 Å². The lowest BCUT2D eigenvalue weighted by atomic mass is 9.93. The Kier molecular flexibility index (Phi) is 5.99. The quantitative estimate of drug-likeness (QED) is 0.433. The summed E-state index contributed by atoms with van der Waals surface area (Å²) in [5.41, 5.74) is 4.47. The zero-order chi connectivity index (χ0) is 23.5. The van der Waals surface area contributed by atoms with Gasteiger partial charge in [0, 0.05) is 0 Å². The summed E-state index contributed by atoms with van der Waals surface area (Å²) in [6.45, 7) is 2.09. The maximum absolute atomic E-state index is 12.7. The molecule has 3 aromatic carbocycles. The fourth-order valence-electron chi connectivity index (χ4n) is 4.30. The predicted molar refractivity (Wildman–Crippen MR) is 132 cm³/mol. The van der Waals surface area contributed by atoms with Crippen LogP contribution in [-0.4, -0.2) is 27.8 Å². The van der Waals surface area contributed by atoms with Gasteiger partial charge in [0.25, 0.3) is 5.95 Å². The first-order valence-corrected chi connectivity index (χ1v) is 11.4. The summed E-state index contributed by atoms with van der Waals surface area (Å²) in [4.78, 5) is 17.3. The summed E-state index contributed by atoms with van der Waals surface area (Å²) in [5, 5.41) is 11.0. The first-order chi connectivity index (χ1) is 16.6. The first-order valence-electron chi connectivity index (χ1n) is 11.4. The molecule has 7 heteroatoms. The van der Waals surface area contributed by atoms with Crippen LogP contribution in [0.5, 0.6) is 5.75 Å². The average molecular weight is 454 g/mol. The van der Waals surface area contributed by atoms with E-state index in [1.165, 1.54) is 11.1 Å². The highest BCUT2D eigenvalue weighted by atomic mass is 16.5. The third kappa shape index (κ3) is 4.64. The Hall–Kier alpha value is -4.13. The molecule has 0 bridgehead atoms. The van der Waals surface area contributed by atoms with E-state index in [4.69, 9.17) is 4.74 Å². The largest absolute Gasteiger partial charge is 0.497 e. The van der Waals surface area contributed by atoms with E-state index < -0.39 is 0 Å². The number of aromatic nitrogens is 3. The molecule has 0 aliphatic carbocycles. The molecule has 172 valence electrons. The zero-order valence-electron chi connectivity index (χ0n) is 19.2. The molecule has 0 unspecified atom stereocenters. The molecule has 0 fully saturated rings. The van der Waals surface area contributed by atoms with Gasteiger partial charge in [-0.2, -0.15) is 4.98 Å². The standard InChI is InChI=1S/C27H27N5O2/c1-18-8-12-20(13-9-18)23-17-24(21-6-4-3-5-7-21)32-27(28-23)30-26(31-32)29-25(33)16-19-10-14-22(34-2)15-11-19/h3-15,23-24H,16-17H2,1-2H3,(H2,28,29,30,31,33)/t23-,24-/m1/s1. The van der Waals surface area contributed by atoms with Crippen molar-refractivity contribution < 1.29 is 9.53 Å². The Bertz CT molecular complexity index is 1270. The van der Waals surface area contributed by atoms with Crippen LogP contribution in [0.2, 0.25) is 0 Å². The fourth-order valence-corrected chi connectivity index (χ4v) is 4.30. The normalized spacial score (nSPS) is 16.9. The third-order valence-electron chi connectivity index (χ3n) is 6.13. The van der Waals surface area contributed by atoms with Crippen LogP contribution in [0.15, 0.2) is 78.9 Å². The Morgan fingerprint density at radius 3 is 2.47 bits per heavy atom. The van der Waals surface area contributed by atoms with E-state index in [1.807, 2.05) is 47.1 Å². The van der Waals surface area contributed by atoms with Crippen LogP contribution in [0, 0.1) is 6.92 Å². The van der Waals surface area contributed by atoms with Gasteiger partial charge in [-0.3, -0.25) is 10.1 Å². The highest BCUT2D eigenvalue weighted by molar-refractivity contribution is 5.90. The predicted octanol–water partition coefficient (Wildman–Crippen LogP) is 4.92. The molecule has 1 aliphatic heterocycles. The molecule has 2 heterocycles. The lowest BCUT2D eigenvalue weighted by Gasteiger charge is -2.31. The number of aryl methyl sites for hydroxylation is 1. The van der Waals surface area contributed by atoms with Gasteiger partial charge in [-0.15, -0.1) is 5.10 Å². The maximum atomic E-state index is 12.7. The van der Waals surface area contributed by atoms with Crippen molar-refractivity contribution in [2.24, 2.45) is 0 Å². The van der Waals surface area contributed by atoms with E-state index in [0.717, 1.165) is 23.3 Å². The average Bonchev–Trinajstić information content (AvgIpc) is 3.27. The van der Waals surface area contributed by atoms with Gasteiger partial charge in [0.05, 0.1) is 25.6 Å². The van der Waals surface area contributed by atoms with Crippen molar-refractivity contribution in [3.8, 4) is 5.75 Å². The topological polar surface area (TPSA) is 81.1 Å². The Labute approximate surface area is 198 Å². The number of methoxy groups -OCH3 is 1. The van der Waals surface area contributed by atoms with E-state index >= 15 is 0 Å². The van der Waals surface area contributed by atoms with Gasteiger partial charge in [-0.1, -0.05) is 72.3 Å². The van der Waals surface area contributed by atoms with Crippen molar-refractivity contribution in [1.29, 1.82) is 0 Å². The molecule has 5 rings (SSSR count). The minimum Gasteiger partial charge on any atom is -0.497 e. The summed E-state index contributed by atoms with van der Waals surface area (Å²) in [5.74, 6) is 1.53. The lowest BCUT2D eigenvalue weighted by Crippen LogP contribution is -2.28. The monoisotopic (exact) mass is 453 g/mol. The molecule has 0 saturated heterocycles. The number of hydrogen-bond acceptors (Lipinski definition) is 5. The molecule has 1 aliphatic rings. The molecule has 0 saturated carbocycles. The Morgan fingerprint density at radius 2 is 1.76 bits per heavy atom. The van der Waals surface area contributed by atoms with E-state index in [0.29, 0.717) is 11.9 Å². The number of amides is 1. The Balaban J connectivity index is 1.39. The molecule has 4 aromatic rings. The van der Waals surface area contributed by atoms with Gasteiger partial charge in [0.1, 0.15) is 5.75 Å². The van der Waals surface area contributed by atoms with Gasteiger partial charge in [-0.25, -0.2) is 4.68 Å². The van der Waals surface area contributed by atoms with Crippen molar-refractivity contribution in [1.82, 2.24) is 14.8 Å². The second-order valence-corrected chi connectivity index (χ2v) is 8.55. The molecule has 2 N–H and O–H groups in total. The smallest absolute Gasteiger partial charge is 0.250 e. The molecule has 0 spiro atoms. The van der Waals surface area contributed by atoms with Crippen LogP contribution in [0.25, 0.3) is 0 Å². The highest BCUT2D eigenvalue weighted by Gasteiger charge is 2.31. The second kappa shape index (κ2) is 9.39. The number of carbonyl (C=O) groups excluding carboxylic acids is 1. The molecular formula is C27H27N5O2. The second-order valence-electron chi connectivity index (χ2n) is 8.55. The molecule has 7 nitrogen and oxygen atoms in total. The van der Waals surface area contributed by atoms with Crippen LogP contribution in [0.1, 0.15) is 40.8 Å². The lowest BCUT2D eigenvalue weighted by molar-refractivity contribution is -0.115. The number of hydrogen-bond donors (Lipinski definition) is 2. The van der Waals surface area contributed by atoms with Gasteiger partial charge < -0.3 is 10.1 Å². The van der Waals surface area contributed by atoms with Crippen LogP contribution in [-0.2, 0) is 11.2 Å². The minimum atomic E-state index is -0.167. The van der Waals surface area contributed by atoms with Gasteiger partial charge in [-0.05, 0) is 42.2 Å². The maximum Gasteiger partial charge on any atom is 0.250 e. The molecule has 1 amide bonds. The number of anilines is 2. The van der Waals surface area contributed by atoms with Crippen LogP contribution >= 0.6 is 0 Å². The Morgan fingerprint density at radius 1 is 1.03 bits per heavy atom. The highest BCUT2D eigenvalue weighted by Crippen LogP contribution is 2.38. The van der Waals surface area contributed by atoms with E-state index in [1.54, 1.807) is 7.11 Å². The van der Waals surface area contributed by atoms with E-state index in [9.17, 15) is 4.79 Å². The molecule has 34 heavy (non-hydrogen) atoms. The fraction of sp³-hybridized carbons (Fsp3) is 0.222. The van der Waals surface area contributed by atoms with Gasteiger partial charge in [0.2, 0.25) is 11.9 Å². The van der Waals surface area contributed by atoms with Crippen molar-refractivity contribution >= 4 is 17.8 Å². The summed E-state index contributed by atoms with van der Waals surface area (Å²) < 4.78 is 7.06. The summed E-state index contributed by atoms with van der Waals surface area (Å²) in [6.07, 6.45) is 1.05. The SMILES string of the molecule is COc1ccc(CC(=O)Nc2nc3n(n2)[C@@H](c2ccccc2)C[C@H](c2ccc(C)cc2)N3)cc1. The number of carbonyl (C=O) groups is 1. The van der Waals surface area contributed by atoms with Crippen LogP contribution in [0.4, 0.5) is 11.9 Å². The number of ether oxygens (including phenoxy) is 1. The number of nitrogens with one attached hydrogen (secondary N) is 2. The number of rotatable bonds is 6. The van der Waals surface area contributed by atoms with E-state index in [2.05, 4.69) is 64.0 Å². The van der Waals surface area contributed by atoms with E-state index in [-0.39, 0.29) is 24.4 Å². The zero-order valence-corrected chi connectivity index (χ0v) is 19.2. The van der Waals surface area contributed by atoms with Gasteiger partial charge >= 0.3 is 0 Å². The molecule has 2 atom stereocenters. The number of nitrogens with zero attached hydrogens (tertiary/aromatic N) is 3. The summed E-state index contributed by atoms with van der Waals surface area (Å²) >= 11 is 0. The van der Waals surface area contributed by atoms with Crippen molar-refractivity contribution in [2.75, 3.05) is 17.7 Å². The van der Waals surface area contributed by atoms with Crippen LogP contribution in [0.3, 0.4) is 0 Å². The molecule has 1 aromatic heterocycles. The number of fused-ring (bicyclic) bond motifs is 1. The van der Waals surface area contributed by atoms with Gasteiger partial charge in [0.15, 0.2) is 0 Å².